The largest absolute Gasteiger partial charge is 0.508 e. The molecule has 0 aliphatic heterocycles. The van der Waals surface area contributed by atoms with Crippen molar-refractivity contribution in [2.75, 3.05) is 0 Å². The van der Waals surface area contributed by atoms with E-state index in [1.807, 2.05) is 6.07 Å². The van der Waals surface area contributed by atoms with Crippen molar-refractivity contribution in [3.8, 4) is 29.1 Å². The van der Waals surface area contributed by atoms with Crippen LogP contribution < -0.4 is 10.2 Å². The quantitative estimate of drug-likeness (QED) is 0.370. The number of hydrogen-bond donors (Lipinski definition) is 3. The molecule has 0 radical (unpaired) electrons. The van der Waals surface area contributed by atoms with Gasteiger partial charge in [0.2, 0.25) is 5.43 Å². The predicted molar refractivity (Wildman–Crippen MR) is 100 cm³/mol. The van der Waals surface area contributed by atoms with Crippen LogP contribution in [0.4, 0.5) is 0 Å². The van der Waals surface area contributed by atoms with E-state index in [9.17, 15) is 20.1 Å². The summed E-state index contributed by atoms with van der Waals surface area (Å²) in [5.74, 6) is -0.947. The lowest BCUT2D eigenvalue weighted by molar-refractivity contribution is 0.308. The summed E-state index contributed by atoms with van der Waals surface area (Å²) in [6.07, 6.45) is 0. The zero-order chi connectivity index (χ0) is 19.8. The summed E-state index contributed by atoms with van der Waals surface area (Å²) in [5, 5.41) is 38.4. The summed E-state index contributed by atoms with van der Waals surface area (Å²) < 4.78 is 11.3. The van der Waals surface area contributed by atoms with Crippen molar-refractivity contribution in [3.63, 3.8) is 0 Å². The minimum atomic E-state index is -0.479. The van der Waals surface area contributed by atoms with Crippen LogP contribution in [-0.2, 0) is 6.61 Å². The van der Waals surface area contributed by atoms with Gasteiger partial charge in [0.25, 0.3) is 0 Å². The lowest BCUT2D eigenvalue weighted by Crippen LogP contribution is -2.05. The van der Waals surface area contributed by atoms with Crippen molar-refractivity contribution in [3.05, 3.63) is 69.9 Å². The molecule has 0 aliphatic rings. The van der Waals surface area contributed by atoms with Gasteiger partial charge in [0, 0.05) is 18.2 Å². The lowest BCUT2D eigenvalue weighted by Gasteiger charge is -2.11. The van der Waals surface area contributed by atoms with E-state index in [4.69, 9.17) is 14.4 Å². The van der Waals surface area contributed by atoms with Crippen LogP contribution in [0.2, 0.25) is 0 Å². The highest BCUT2D eigenvalue weighted by Crippen LogP contribution is 2.34. The van der Waals surface area contributed by atoms with Gasteiger partial charge in [-0.2, -0.15) is 5.26 Å². The van der Waals surface area contributed by atoms with E-state index < -0.39 is 16.9 Å². The fraction of sp³-hybridized carbons (Fsp3) is 0.0476. The van der Waals surface area contributed by atoms with Gasteiger partial charge >= 0.3 is 0 Å². The van der Waals surface area contributed by atoms with E-state index in [-0.39, 0.29) is 40.0 Å². The molecule has 3 N–H and O–H groups in total. The van der Waals surface area contributed by atoms with E-state index in [0.717, 1.165) is 12.1 Å². The maximum atomic E-state index is 12.9. The van der Waals surface area contributed by atoms with Gasteiger partial charge in [0.15, 0.2) is 11.5 Å². The molecule has 138 valence electrons. The van der Waals surface area contributed by atoms with Crippen LogP contribution in [0, 0.1) is 11.3 Å². The van der Waals surface area contributed by atoms with Gasteiger partial charge < -0.3 is 24.5 Å². The third kappa shape index (κ3) is 2.93. The number of phenols is 3. The third-order valence-electron chi connectivity index (χ3n) is 4.27. The van der Waals surface area contributed by atoms with Gasteiger partial charge in [-0.1, -0.05) is 12.1 Å². The molecule has 0 saturated heterocycles. The van der Waals surface area contributed by atoms with Crippen molar-refractivity contribution in [2.45, 2.75) is 6.61 Å². The zero-order valence-corrected chi connectivity index (χ0v) is 14.3. The lowest BCUT2D eigenvalue weighted by atomic mass is 10.1. The highest BCUT2D eigenvalue weighted by Gasteiger charge is 2.16. The number of rotatable bonds is 3. The second-order valence-electron chi connectivity index (χ2n) is 6.19. The Bertz CT molecular complexity index is 1330. The monoisotopic (exact) mass is 375 g/mol. The van der Waals surface area contributed by atoms with Gasteiger partial charge in [-0.15, -0.1) is 0 Å². The summed E-state index contributed by atoms with van der Waals surface area (Å²) in [6.45, 7) is 0.0619. The molecule has 0 fully saturated rings. The number of nitrogens with zero attached hydrogens (tertiary/aromatic N) is 1. The number of benzene rings is 3. The Balaban J connectivity index is 1.85. The van der Waals surface area contributed by atoms with Crippen molar-refractivity contribution in [2.24, 2.45) is 0 Å². The van der Waals surface area contributed by atoms with Crippen LogP contribution >= 0.6 is 0 Å². The second-order valence-corrected chi connectivity index (χ2v) is 6.19. The second kappa shape index (κ2) is 6.52. The van der Waals surface area contributed by atoms with E-state index in [1.165, 1.54) is 12.1 Å². The molecule has 4 aromatic rings. The Morgan fingerprint density at radius 3 is 2.57 bits per heavy atom. The Morgan fingerprint density at radius 1 is 1.00 bits per heavy atom. The van der Waals surface area contributed by atoms with Gasteiger partial charge in [-0.25, -0.2) is 0 Å². The summed E-state index contributed by atoms with van der Waals surface area (Å²) in [7, 11) is 0. The fourth-order valence-electron chi connectivity index (χ4n) is 2.96. The van der Waals surface area contributed by atoms with Crippen LogP contribution in [0.15, 0.2) is 57.7 Å². The first-order valence-electron chi connectivity index (χ1n) is 8.23. The molecule has 0 saturated carbocycles. The Morgan fingerprint density at radius 2 is 1.79 bits per heavy atom. The van der Waals surface area contributed by atoms with Crippen LogP contribution in [0.1, 0.15) is 11.1 Å². The normalized spacial score (nSPS) is 10.8. The predicted octanol–water partition coefficient (Wildman–Crippen LogP) is 3.51. The molecule has 0 bridgehead atoms. The smallest absolute Gasteiger partial charge is 0.204 e. The fourth-order valence-corrected chi connectivity index (χ4v) is 2.96. The molecule has 7 heteroatoms. The third-order valence-corrected chi connectivity index (χ3v) is 4.27. The standard InChI is InChI=1S/C21H13NO6/c22-9-11-2-1-3-12(4-11)10-27-18-5-13(23)6-19-20(18)21(26)14-7-15(24)16(25)8-17(14)28-19/h1-8,23-25H,10H2. The average molecular weight is 375 g/mol. The van der Waals surface area contributed by atoms with Crippen LogP contribution in [-0.4, -0.2) is 15.3 Å². The molecule has 4 rings (SSSR count). The summed E-state index contributed by atoms with van der Waals surface area (Å²) in [6, 6.07) is 13.6. The summed E-state index contributed by atoms with van der Waals surface area (Å²) in [4.78, 5) is 12.9. The first kappa shape index (κ1) is 17.2. The Labute approximate surface area is 157 Å². The van der Waals surface area contributed by atoms with Crippen LogP contribution in [0.5, 0.6) is 23.0 Å². The van der Waals surface area contributed by atoms with E-state index >= 15 is 0 Å². The van der Waals surface area contributed by atoms with Gasteiger partial charge in [-0.3, -0.25) is 4.79 Å². The first-order chi connectivity index (χ1) is 13.5. The minimum Gasteiger partial charge on any atom is -0.508 e. The highest BCUT2D eigenvalue weighted by atomic mass is 16.5. The number of phenolic OH excluding ortho intramolecular Hbond substituents is 3. The van der Waals surface area contributed by atoms with Crippen molar-refractivity contribution < 1.29 is 24.5 Å². The van der Waals surface area contributed by atoms with Crippen LogP contribution in [0.3, 0.4) is 0 Å². The number of fused-ring (bicyclic) bond motifs is 2. The van der Waals surface area contributed by atoms with E-state index in [2.05, 4.69) is 0 Å². The first-order valence-corrected chi connectivity index (χ1v) is 8.23. The molecule has 3 aromatic carbocycles. The molecular weight excluding hydrogens is 362 g/mol. The summed E-state index contributed by atoms with van der Waals surface area (Å²) >= 11 is 0. The number of ether oxygens (including phenoxy) is 1. The zero-order valence-electron chi connectivity index (χ0n) is 14.3. The molecule has 0 spiro atoms. The molecule has 1 heterocycles. The molecule has 7 nitrogen and oxygen atoms in total. The molecule has 0 aliphatic carbocycles. The SMILES string of the molecule is N#Cc1cccc(COc2cc(O)cc3oc4cc(O)c(O)cc4c(=O)c23)c1. The maximum Gasteiger partial charge on any atom is 0.204 e. The molecule has 0 atom stereocenters. The maximum absolute atomic E-state index is 12.9. The van der Waals surface area contributed by atoms with Crippen LogP contribution in [0.25, 0.3) is 21.9 Å². The minimum absolute atomic E-state index is 0.0600. The molecule has 1 aromatic heterocycles. The molecule has 0 amide bonds. The van der Waals surface area contributed by atoms with E-state index in [1.54, 1.807) is 24.3 Å². The van der Waals surface area contributed by atoms with Gasteiger partial charge in [0.05, 0.1) is 17.0 Å². The molecule has 28 heavy (non-hydrogen) atoms. The topological polar surface area (TPSA) is 124 Å². The summed E-state index contributed by atoms with van der Waals surface area (Å²) in [5.41, 5.74) is 0.840. The number of aromatic hydroxyl groups is 3. The van der Waals surface area contributed by atoms with Gasteiger partial charge in [0.1, 0.15) is 34.7 Å². The molecule has 0 unspecified atom stereocenters. The highest BCUT2D eigenvalue weighted by molar-refractivity contribution is 5.95. The Hall–Kier alpha value is -4.18. The molecular formula is C21H13NO6. The number of nitriles is 1. The number of hydrogen-bond acceptors (Lipinski definition) is 7. The van der Waals surface area contributed by atoms with Crippen molar-refractivity contribution in [1.82, 2.24) is 0 Å². The average Bonchev–Trinajstić information content (AvgIpc) is 2.68. The van der Waals surface area contributed by atoms with Crippen molar-refractivity contribution >= 4 is 21.9 Å². The Kier molecular flexibility index (Phi) is 4.02. The van der Waals surface area contributed by atoms with Gasteiger partial charge in [-0.05, 0) is 23.8 Å². The van der Waals surface area contributed by atoms with Crippen molar-refractivity contribution in [1.29, 1.82) is 5.26 Å². The van der Waals surface area contributed by atoms with E-state index in [0.29, 0.717) is 11.1 Å².